The van der Waals surface area contributed by atoms with E-state index < -0.39 is 26.7 Å². The van der Waals surface area contributed by atoms with E-state index in [9.17, 15) is 21.6 Å². The van der Waals surface area contributed by atoms with Gasteiger partial charge in [-0.05, 0) is 85.3 Å². The molecule has 1 saturated heterocycles. The second-order valence-corrected chi connectivity index (χ2v) is 11.5. The van der Waals surface area contributed by atoms with Crippen molar-refractivity contribution in [3.05, 3.63) is 93.5 Å². The number of anilines is 1. The van der Waals surface area contributed by atoms with Crippen LogP contribution in [0.5, 0.6) is 0 Å². The minimum absolute atomic E-state index is 0.0188. The Bertz CT molecular complexity index is 1330. The van der Waals surface area contributed by atoms with Crippen molar-refractivity contribution in [1.82, 2.24) is 4.72 Å². The van der Waals surface area contributed by atoms with Crippen molar-refractivity contribution < 1.29 is 21.6 Å². The van der Waals surface area contributed by atoms with Gasteiger partial charge in [0.25, 0.3) is 0 Å². The second kappa shape index (κ2) is 10.6. The molecule has 10 heteroatoms. The number of hydrogen-bond donors (Lipinski definition) is 1. The molecule has 1 N–H and O–H groups in total. The maximum Gasteiger partial charge on any atom is 0.417 e. The molecule has 0 spiro atoms. The van der Waals surface area contributed by atoms with Crippen molar-refractivity contribution in [2.45, 2.75) is 36.9 Å². The predicted molar refractivity (Wildman–Crippen MR) is 137 cm³/mol. The van der Waals surface area contributed by atoms with Crippen molar-refractivity contribution in [2.75, 3.05) is 18.0 Å². The monoisotopic (exact) mass is 556 g/mol. The van der Waals surface area contributed by atoms with Gasteiger partial charge in [-0.3, -0.25) is 0 Å². The van der Waals surface area contributed by atoms with Gasteiger partial charge in [-0.25, -0.2) is 13.1 Å². The number of nitrogens with zero attached hydrogens (tertiary/aromatic N) is 1. The largest absolute Gasteiger partial charge is 0.417 e. The van der Waals surface area contributed by atoms with Crippen LogP contribution >= 0.6 is 23.2 Å². The minimum atomic E-state index is -4.77. The number of aryl methyl sites for hydroxylation is 1. The van der Waals surface area contributed by atoms with E-state index in [2.05, 4.69) is 9.62 Å². The van der Waals surface area contributed by atoms with Crippen LogP contribution in [-0.4, -0.2) is 21.5 Å². The number of benzene rings is 3. The lowest BCUT2D eigenvalue weighted by Gasteiger charge is -2.42. The molecule has 36 heavy (non-hydrogen) atoms. The van der Waals surface area contributed by atoms with E-state index in [0.29, 0.717) is 23.0 Å². The number of nitrogens with one attached hydrogen (secondary N) is 1. The van der Waals surface area contributed by atoms with Crippen molar-refractivity contribution in [1.29, 1.82) is 0 Å². The Balaban J connectivity index is 1.57. The first-order valence-electron chi connectivity index (χ1n) is 11.4. The molecule has 1 fully saturated rings. The van der Waals surface area contributed by atoms with Gasteiger partial charge in [0.2, 0.25) is 10.0 Å². The van der Waals surface area contributed by atoms with E-state index in [-0.39, 0.29) is 18.5 Å². The number of halogens is 5. The summed E-state index contributed by atoms with van der Waals surface area (Å²) in [6.07, 6.45) is -3.35. The molecule has 2 unspecified atom stereocenters. The van der Waals surface area contributed by atoms with Gasteiger partial charge in [-0.1, -0.05) is 41.4 Å². The molecule has 0 bridgehead atoms. The topological polar surface area (TPSA) is 49.4 Å². The molecule has 0 amide bonds. The van der Waals surface area contributed by atoms with E-state index >= 15 is 0 Å². The third-order valence-corrected chi connectivity index (χ3v) is 8.44. The lowest BCUT2D eigenvalue weighted by molar-refractivity contribution is -0.139. The first-order chi connectivity index (χ1) is 17.0. The lowest BCUT2D eigenvalue weighted by Crippen LogP contribution is -2.43. The average Bonchev–Trinajstić information content (AvgIpc) is 2.83. The van der Waals surface area contributed by atoms with Gasteiger partial charge in [-0.2, -0.15) is 13.2 Å². The molecule has 3 aromatic rings. The molecule has 0 aromatic heterocycles. The lowest BCUT2D eigenvalue weighted by atomic mass is 9.87. The van der Waals surface area contributed by atoms with Crippen molar-refractivity contribution in [3.63, 3.8) is 0 Å². The fourth-order valence-electron chi connectivity index (χ4n) is 4.71. The van der Waals surface area contributed by atoms with Gasteiger partial charge in [0.15, 0.2) is 0 Å². The normalized spacial score (nSPS) is 18.9. The molecule has 0 aliphatic carbocycles. The van der Waals surface area contributed by atoms with Crippen LogP contribution in [0.4, 0.5) is 18.9 Å². The molecule has 1 aliphatic heterocycles. The van der Waals surface area contributed by atoms with Crippen LogP contribution in [-0.2, 0) is 16.2 Å². The van der Waals surface area contributed by atoms with Gasteiger partial charge < -0.3 is 4.90 Å². The second-order valence-electron chi connectivity index (χ2n) is 8.93. The molecule has 3 aromatic carbocycles. The standard InChI is InChI=1S/C26H25Cl2F3N2O2S/c1-17-14-20(28)9-12-22(17)24-13-6-18(16-33(24)21-10-7-19(27)8-11-21)15-32-36(34,35)25-5-3-2-4-23(25)26(29,30)31/h2-5,7-12,14,18,24,32H,6,13,15-16H2,1H3. The summed E-state index contributed by atoms with van der Waals surface area (Å²) in [5.74, 6) is -0.114. The first-order valence-corrected chi connectivity index (χ1v) is 13.6. The fraction of sp³-hybridized carbons (Fsp3) is 0.308. The van der Waals surface area contributed by atoms with Crippen molar-refractivity contribution in [2.24, 2.45) is 5.92 Å². The summed E-state index contributed by atoms with van der Waals surface area (Å²) in [5.41, 5.74) is 1.91. The van der Waals surface area contributed by atoms with E-state index in [1.54, 1.807) is 12.1 Å². The number of piperidine rings is 1. The smallest absolute Gasteiger partial charge is 0.364 e. The van der Waals surface area contributed by atoms with Gasteiger partial charge in [-0.15, -0.1) is 0 Å². The van der Waals surface area contributed by atoms with Gasteiger partial charge >= 0.3 is 6.18 Å². The fourth-order valence-corrected chi connectivity index (χ4v) is 6.40. The maximum atomic E-state index is 13.4. The zero-order valence-corrected chi connectivity index (χ0v) is 21.7. The van der Waals surface area contributed by atoms with Gasteiger partial charge in [0.1, 0.15) is 0 Å². The number of alkyl halides is 3. The molecule has 4 nitrogen and oxygen atoms in total. The molecule has 192 valence electrons. The Hall–Kier alpha value is -2.26. The molecule has 2 atom stereocenters. The Labute approximate surface area is 219 Å². The summed E-state index contributed by atoms with van der Waals surface area (Å²) in [6.45, 7) is 2.53. The number of rotatable bonds is 6. The Morgan fingerprint density at radius 1 is 0.972 bits per heavy atom. The molecular weight excluding hydrogens is 532 g/mol. The van der Waals surface area contributed by atoms with Gasteiger partial charge in [0, 0.05) is 28.8 Å². The quantitative estimate of drug-likeness (QED) is 0.347. The van der Waals surface area contributed by atoms with Crippen molar-refractivity contribution in [3.8, 4) is 0 Å². The Morgan fingerprint density at radius 2 is 1.64 bits per heavy atom. The van der Waals surface area contributed by atoms with Crippen LogP contribution in [0.1, 0.15) is 35.6 Å². The molecule has 4 rings (SSSR count). The minimum Gasteiger partial charge on any atom is -0.364 e. The summed E-state index contributed by atoms with van der Waals surface area (Å²) in [4.78, 5) is 1.43. The molecule has 0 radical (unpaired) electrons. The maximum absolute atomic E-state index is 13.4. The zero-order chi connectivity index (χ0) is 26.1. The average molecular weight is 557 g/mol. The molecular formula is C26H25Cl2F3N2O2S. The summed E-state index contributed by atoms with van der Waals surface area (Å²) in [5, 5.41) is 1.25. The first kappa shape index (κ1) is 26.8. The third-order valence-electron chi connectivity index (χ3n) is 6.47. The van der Waals surface area contributed by atoms with Crippen LogP contribution in [0.25, 0.3) is 0 Å². The highest BCUT2D eigenvalue weighted by Gasteiger charge is 2.37. The molecule has 1 aliphatic rings. The van der Waals surface area contributed by atoms with Gasteiger partial charge in [0.05, 0.1) is 16.5 Å². The highest BCUT2D eigenvalue weighted by Crippen LogP contribution is 2.39. The summed E-state index contributed by atoms with van der Waals surface area (Å²) >= 11 is 12.2. The predicted octanol–water partition coefficient (Wildman–Crippen LogP) is 7.26. The number of sulfonamides is 1. The van der Waals surface area contributed by atoms with Crippen LogP contribution in [0.3, 0.4) is 0 Å². The highest BCUT2D eigenvalue weighted by molar-refractivity contribution is 7.89. The van der Waals surface area contributed by atoms with E-state index in [1.165, 1.54) is 12.1 Å². The summed E-state index contributed by atoms with van der Waals surface area (Å²) < 4.78 is 68.3. The van der Waals surface area contributed by atoms with Crippen LogP contribution < -0.4 is 9.62 Å². The summed E-state index contributed by atoms with van der Waals surface area (Å²) in [7, 11) is -4.36. The Kier molecular flexibility index (Phi) is 7.90. The SMILES string of the molecule is Cc1cc(Cl)ccc1C1CCC(CNS(=O)(=O)c2ccccc2C(F)(F)F)CN1c1ccc(Cl)cc1. The van der Waals surface area contributed by atoms with E-state index in [0.717, 1.165) is 35.4 Å². The van der Waals surface area contributed by atoms with Crippen LogP contribution in [0, 0.1) is 12.8 Å². The van der Waals surface area contributed by atoms with E-state index in [1.807, 2.05) is 37.3 Å². The van der Waals surface area contributed by atoms with E-state index in [4.69, 9.17) is 23.2 Å². The zero-order valence-electron chi connectivity index (χ0n) is 19.4. The third kappa shape index (κ3) is 5.99. The molecule has 1 heterocycles. The molecule has 0 saturated carbocycles. The van der Waals surface area contributed by atoms with Crippen LogP contribution in [0.15, 0.2) is 71.6 Å². The Morgan fingerprint density at radius 3 is 2.31 bits per heavy atom. The summed E-state index contributed by atoms with van der Waals surface area (Å²) in [6, 6.07) is 17.4. The van der Waals surface area contributed by atoms with Crippen LogP contribution in [0.2, 0.25) is 10.0 Å². The highest BCUT2D eigenvalue weighted by atomic mass is 35.5. The number of hydrogen-bond acceptors (Lipinski definition) is 3. The van der Waals surface area contributed by atoms with Crippen molar-refractivity contribution >= 4 is 38.9 Å².